The predicted molar refractivity (Wildman–Crippen MR) is 120 cm³/mol. The van der Waals surface area contributed by atoms with Gasteiger partial charge in [-0.15, -0.1) is 0 Å². The van der Waals surface area contributed by atoms with Crippen LogP contribution in [0.1, 0.15) is 37.7 Å². The van der Waals surface area contributed by atoms with Crippen LogP contribution in [0.3, 0.4) is 0 Å². The van der Waals surface area contributed by atoms with E-state index < -0.39 is 0 Å². The maximum absolute atomic E-state index is 12.9. The van der Waals surface area contributed by atoms with Crippen molar-refractivity contribution in [3.63, 3.8) is 0 Å². The van der Waals surface area contributed by atoms with Crippen LogP contribution in [0.4, 0.5) is 4.79 Å². The number of carbonyl (C=O) groups is 1. The number of nitrogens with zero attached hydrogens (tertiary/aromatic N) is 1. The molecule has 1 heterocycles. The maximum Gasteiger partial charge on any atom is 0.318 e. The average Bonchev–Trinajstić information content (AvgIpc) is 3.25. The molecule has 1 aromatic heterocycles. The first kappa shape index (κ1) is 22.3. The summed E-state index contributed by atoms with van der Waals surface area (Å²) in [6, 6.07) is 19.2. The molecule has 31 heavy (non-hydrogen) atoms. The van der Waals surface area contributed by atoms with Crippen molar-refractivity contribution in [1.29, 1.82) is 0 Å². The van der Waals surface area contributed by atoms with Gasteiger partial charge < -0.3 is 24.1 Å². The smallest absolute Gasteiger partial charge is 0.318 e. The first-order chi connectivity index (χ1) is 14.8. The summed E-state index contributed by atoms with van der Waals surface area (Å²) in [5.74, 6) is 2.01. The first-order valence-corrected chi connectivity index (χ1v) is 10.3. The largest absolute Gasteiger partial charge is 0.493 e. The molecule has 3 rings (SSSR count). The maximum atomic E-state index is 12.9. The predicted octanol–water partition coefficient (Wildman–Crippen LogP) is 5.38. The van der Waals surface area contributed by atoms with Gasteiger partial charge in [-0.2, -0.15) is 0 Å². The van der Waals surface area contributed by atoms with Crippen LogP contribution in [-0.2, 0) is 19.7 Å². The van der Waals surface area contributed by atoms with E-state index in [-0.39, 0.29) is 11.6 Å². The van der Waals surface area contributed by atoms with Gasteiger partial charge in [0, 0.05) is 12.1 Å². The molecule has 0 aliphatic carbocycles. The number of hydrogen-bond donors (Lipinski definition) is 1. The van der Waals surface area contributed by atoms with E-state index >= 15 is 0 Å². The number of urea groups is 1. The molecule has 0 spiro atoms. The Morgan fingerprint density at radius 1 is 0.968 bits per heavy atom. The van der Waals surface area contributed by atoms with Gasteiger partial charge in [-0.05, 0) is 56.2 Å². The quantitative estimate of drug-likeness (QED) is 0.529. The van der Waals surface area contributed by atoms with Crippen LogP contribution < -0.4 is 14.8 Å². The van der Waals surface area contributed by atoms with Crippen LogP contribution in [-0.4, -0.2) is 23.6 Å². The Labute approximate surface area is 183 Å². The normalized spacial score (nSPS) is 11.1. The molecule has 3 aromatic rings. The summed E-state index contributed by atoms with van der Waals surface area (Å²) in [4.78, 5) is 14.6. The van der Waals surface area contributed by atoms with Gasteiger partial charge in [0.2, 0.25) is 0 Å². The van der Waals surface area contributed by atoms with E-state index in [1.165, 1.54) is 0 Å². The van der Waals surface area contributed by atoms with Gasteiger partial charge in [0.25, 0.3) is 0 Å². The number of ether oxygens (including phenoxy) is 2. The Bertz CT molecular complexity index is 963. The fraction of sp³-hybridized carbons (Fsp3) is 0.320. The summed E-state index contributed by atoms with van der Waals surface area (Å²) in [7, 11) is 1.61. The van der Waals surface area contributed by atoms with Gasteiger partial charge in [0.1, 0.15) is 12.4 Å². The third-order valence-corrected chi connectivity index (χ3v) is 4.53. The molecule has 6 nitrogen and oxygen atoms in total. The highest BCUT2D eigenvalue weighted by molar-refractivity contribution is 5.75. The van der Waals surface area contributed by atoms with E-state index in [4.69, 9.17) is 13.9 Å². The summed E-state index contributed by atoms with van der Waals surface area (Å²) in [6.45, 7) is 7.09. The van der Waals surface area contributed by atoms with Crippen molar-refractivity contribution in [3.05, 3.63) is 83.8 Å². The molecule has 0 unspecified atom stereocenters. The number of benzene rings is 2. The summed E-state index contributed by atoms with van der Waals surface area (Å²) < 4.78 is 16.9. The highest BCUT2D eigenvalue weighted by atomic mass is 16.5. The van der Waals surface area contributed by atoms with Crippen LogP contribution >= 0.6 is 0 Å². The van der Waals surface area contributed by atoms with Crippen LogP contribution in [0.15, 0.2) is 71.3 Å². The van der Waals surface area contributed by atoms with Crippen molar-refractivity contribution in [2.75, 3.05) is 7.11 Å². The number of methoxy groups -OCH3 is 1. The Morgan fingerprint density at radius 3 is 2.39 bits per heavy atom. The number of furan rings is 1. The molecule has 2 amide bonds. The molecule has 0 saturated heterocycles. The Morgan fingerprint density at radius 2 is 1.74 bits per heavy atom. The van der Waals surface area contributed by atoms with Crippen LogP contribution in [0, 0.1) is 0 Å². The first-order valence-electron chi connectivity index (χ1n) is 10.3. The molecule has 164 valence electrons. The third kappa shape index (κ3) is 6.81. The van der Waals surface area contributed by atoms with Crippen LogP contribution in [0.5, 0.6) is 11.5 Å². The number of rotatable bonds is 8. The molecular weight excluding hydrogens is 392 g/mol. The minimum absolute atomic E-state index is 0.160. The highest BCUT2D eigenvalue weighted by Gasteiger charge is 2.21. The molecule has 6 heteroatoms. The second-order valence-corrected chi connectivity index (χ2v) is 8.38. The Balaban J connectivity index is 1.74. The standard InChI is InChI=1S/C25H30N2O4/c1-25(2,3)26-24(28)27(17-21-11-8-14-30-21)16-20-12-13-22(23(15-20)29-4)31-18-19-9-6-5-7-10-19/h5-15H,16-18H2,1-4H3,(H,26,28). The molecular formula is C25H30N2O4. The second kappa shape index (κ2) is 10.1. The van der Waals surface area contributed by atoms with Gasteiger partial charge in [-0.1, -0.05) is 36.4 Å². The highest BCUT2D eigenvalue weighted by Crippen LogP contribution is 2.29. The minimum Gasteiger partial charge on any atom is -0.493 e. The van der Waals surface area contributed by atoms with E-state index in [1.54, 1.807) is 18.3 Å². The van der Waals surface area contributed by atoms with Gasteiger partial charge in [0.15, 0.2) is 11.5 Å². The molecule has 0 saturated carbocycles. The zero-order valence-corrected chi connectivity index (χ0v) is 18.6. The second-order valence-electron chi connectivity index (χ2n) is 8.38. The number of hydrogen-bond acceptors (Lipinski definition) is 4. The Hall–Kier alpha value is -3.41. The SMILES string of the molecule is COc1cc(CN(Cc2ccco2)C(=O)NC(C)(C)C)ccc1OCc1ccccc1. The van der Waals surface area contributed by atoms with E-state index in [9.17, 15) is 4.79 Å². The summed E-state index contributed by atoms with van der Waals surface area (Å²) in [5.41, 5.74) is 1.67. The lowest BCUT2D eigenvalue weighted by Crippen LogP contribution is -2.47. The van der Waals surface area contributed by atoms with E-state index in [1.807, 2.05) is 81.4 Å². The summed E-state index contributed by atoms with van der Waals surface area (Å²) >= 11 is 0. The molecule has 0 bridgehead atoms. The minimum atomic E-state index is -0.342. The zero-order valence-electron chi connectivity index (χ0n) is 18.6. The lowest BCUT2D eigenvalue weighted by molar-refractivity contribution is 0.178. The van der Waals surface area contributed by atoms with E-state index in [0.717, 1.165) is 16.9 Å². The van der Waals surface area contributed by atoms with Crippen molar-refractivity contribution in [3.8, 4) is 11.5 Å². The number of nitrogens with one attached hydrogen (secondary N) is 1. The van der Waals surface area contributed by atoms with Crippen molar-refractivity contribution in [1.82, 2.24) is 10.2 Å². The number of carbonyl (C=O) groups excluding carboxylic acids is 1. The molecule has 2 aromatic carbocycles. The molecule has 1 N–H and O–H groups in total. The van der Waals surface area contributed by atoms with E-state index in [0.29, 0.717) is 31.2 Å². The molecule has 0 aliphatic rings. The fourth-order valence-electron chi connectivity index (χ4n) is 3.08. The lowest BCUT2D eigenvalue weighted by atomic mass is 10.1. The lowest BCUT2D eigenvalue weighted by Gasteiger charge is -2.28. The van der Waals surface area contributed by atoms with Gasteiger partial charge in [0.05, 0.1) is 19.9 Å². The Kier molecular flexibility index (Phi) is 7.23. The zero-order chi connectivity index (χ0) is 22.3. The third-order valence-electron chi connectivity index (χ3n) is 4.53. The summed E-state index contributed by atoms with van der Waals surface area (Å²) in [6.07, 6.45) is 1.61. The molecule has 0 aliphatic heterocycles. The molecule has 0 fully saturated rings. The molecule has 0 atom stereocenters. The van der Waals surface area contributed by atoms with Crippen molar-refractivity contribution < 1.29 is 18.7 Å². The fourth-order valence-corrected chi connectivity index (χ4v) is 3.08. The summed E-state index contributed by atoms with van der Waals surface area (Å²) in [5, 5.41) is 3.02. The van der Waals surface area contributed by atoms with Crippen molar-refractivity contribution in [2.24, 2.45) is 0 Å². The van der Waals surface area contributed by atoms with Gasteiger partial charge in [-0.25, -0.2) is 4.79 Å². The number of amides is 2. The van der Waals surface area contributed by atoms with Gasteiger partial charge >= 0.3 is 6.03 Å². The van der Waals surface area contributed by atoms with Crippen molar-refractivity contribution in [2.45, 2.75) is 46.0 Å². The van der Waals surface area contributed by atoms with Gasteiger partial charge in [-0.3, -0.25) is 0 Å². The van der Waals surface area contributed by atoms with Crippen LogP contribution in [0.2, 0.25) is 0 Å². The van der Waals surface area contributed by atoms with E-state index in [2.05, 4.69) is 5.32 Å². The topological polar surface area (TPSA) is 63.9 Å². The van der Waals surface area contributed by atoms with Crippen molar-refractivity contribution >= 4 is 6.03 Å². The molecule has 0 radical (unpaired) electrons. The monoisotopic (exact) mass is 422 g/mol. The van der Waals surface area contributed by atoms with Crippen LogP contribution in [0.25, 0.3) is 0 Å². The average molecular weight is 423 g/mol.